The molecule has 0 aliphatic heterocycles. The number of pyridine rings is 1. The van der Waals surface area contributed by atoms with E-state index in [0.717, 1.165) is 11.3 Å². The number of carbonyl (C=O) groups excluding carboxylic acids is 2. The summed E-state index contributed by atoms with van der Waals surface area (Å²) in [7, 11) is 1.60. The lowest BCUT2D eigenvalue weighted by molar-refractivity contribution is -0.120. The molecule has 144 valence electrons. The topological polar surface area (TPSA) is 93.2 Å². The van der Waals surface area contributed by atoms with Crippen molar-refractivity contribution in [1.82, 2.24) is 20.6 Å². The molecule has 0 saturated carbocycles. The Bertz CT molecular complexity index is 955. The summed E-state index contributed by atoms with van der Waals surface area (Å²) in [5.41, 5.74) is 2.27. The Morgan fingerprint density at radius 2 is 1.89 bits per heavy atom. The summed E-state index contributed by atoms with van der Waals surface area (Å²) in [5, 5.41) is 6.08. The van der Waals surface area contributed by atoms with E-state index >= 15 is 0 Å². The Labute approximate surface area is 166 Å². The van der Waals surface area contributed by atoms with Crippen molar-refractivity contribution >= 4 is 23.2 Å². The van der Waals surface area contributed by atoms with Gasteiger partial charge in [-0.2, -0.15) is 0 Å². The number of aryl methyl sites for hydroxylation is 1. The molecule has 0 saturated heterocycles. The smallest absolute Gasteiger partial charge is 0.263 e. The predicted octanol–water partition coefficient (Wildman–Crippen LogP) is 2.57. The third-order valence-corrected chi connectivity index (χ3v) is 5.12. The number of rotatable bonds is 7. The van der Waals surface area contributed by atoms with Gasteiger partial charge in [0.05, 0.1) is 25.0 Å². The van der Waals surface area contributed by atoms with Crippen molar-refractivity contribution in [3.05, 3.63) is 64.8 Å². The highest BCUT2D eigenvalue weighted by Gasteiger charge is 2.17. The van der Waals surface area contributed by atoms with E-state index in [-0.39, 0.29) is 18.4 Å². The van der Waals surface area contributed by atoms with Gasteiger partial charge >= 0.3 is 0 Å². The molecule has 0 aliphatic rings. The highest BCUT2D eigenvalue weighted by molar-refractivity contribution is 7.17. The number of thiazole rings is 1. The second-order valence-electron chi connectivity index (χ2n) is 5.96. The van der Waals surface area contributed by atoms with Crippen LogP contribution in [0.3, 0.4) is 0 Å². The van der Waals surface area contributed by atoms with Crippen molar-refractivity contribution in [2.45, 2.75) is 13.5 Å². The summed E-state index contributed by atoms with van der Waals surface area (Å²) in [5.74, 6) is 0.167. The average molecular weight is 396 g/mol. The molecule has 3 aromatic rings. The van der Waals surface area contributed by atoms with Crippen molar-refractivity contribution in [2.24, 2.45) is 0 Å². The minimum absolute atomic E-state index is 0.106. The molecule has 2 aromatic heterocycles. The maximum Gasteiger partial charge on any atom is 0.263 e. The Hall–Kier alpha value is -3.26. The molecule has 0 fully saturated rings. The number of nitrogens with zero attached hydrogens (tertiary/aromatic N) is 2. The largest absolute Gasteiger partial charge is 0.497 e. The van der Waals surface area contributed by atoms with E-state index in [9.17, 15) is 9.59 Å². The van der Waals surface area contributed by atoms with Crippen LogP contribution in [0.2, 0.25) is 0 Å². The number of methoxy groups -OCH3 is 1. The molecule has 0 radical (unpaired) electrons. The fourth-order valence-corrected chi connectivity index (χ4v) is 3.41. The van der Waals surface area contributed by atoms with Crippen molar-refractivity contribution < 1.29 is 14.3 Å². The Kier molecular flexibility index (Phi) is 6.33. The molecule has 7 nitrogen and oxygen atoms in total. The van der Waals surface area contributed by atoms with Gasteiger partial charge in [0.25, 0.3) is 5.91 Å². The number of ether oxygens (including phenoxy) is 1. The van der Waals surface area contributed by atoms with E-state index in [2.05, 4.69) is 20.6 Å². The molecule has 2 N–H and O–H groups in total. The van der Waals surface area contributed by atoms with Crippen LogP contribution in [0.5, 0.6) is 5.75 Å². The Morgan fingerprint density at radius 3 is 2.57 bits per heavy atom. The van der Waals surface area contributed by atoms with E-state index in [1.54, 1.807) is 20.2 Å². The summed E-state index contributed by atoms with van der Waals surface area (Å²) in [6.45, 7) is 2.04. The molecule has 0 aliphatic carbocycles. The van der Waals surface area contributed by atoms with Crippen LogP contribution in [0.15, 0.2) is 48.7 Å². The van der Waals surface area contributed by atoms with Gasteiger partial charge in [0, 0.05) is 12.7 Å². The quantitative estimate of drug-likeness (QED) is 0.640. The zero-order chi connectivity index (χ0) is 19.9. The summed E-state index contributed by atoms with van der Waals surface area (Å²) < 4.78 is 5.10. The van der Waals surface area contributed by atoms with Crippen LogP contribution < -0.4 is 15.4 Å². The van der Waals surface area contributed by atoms with E-state index in [4.69, 9.17) is 4.74 Å². The number of benzene rings is 1. The molecule has 2 heterocycles. The zero-order valence-corrected chi connectivity index (χ0v) is 16.4. The summed E-state index contributed by atoms with van der Waals surface area (Å²) in [6, 6.07) is 12.9. The number of hydrogen-bond acceptors (Lipinski definition) is 6. The predicted molar refractivity (Wildman–Crippen MR) is 107 cm³/mol. The van der Waals surface area contributed by atoms with Crippen LogP contribution in [0.25, 0.3) is 10.7 Å². The standard InChI is InChI=1S/C20H20N4O3S/c1-13-18(28-20(24-13)16-5-3-4-10-21-16)19(26)23-12-17(25)22-11-14-6-8-15(27-2)9-7-14/h3-10H,11-12H2,1-2H3,(H,22,25)(H,23,26). The first-order valence-corrected chi connectivity index (χ1v) is 9.45. The minimum atomic E-state index is -0.322. The number of amides is 2. The van der Waals surface area contributed by atoms with E-state index < -0.39 is 0 Å². The molecule has 0 unspecified atom stereocenters. The van der Waals surface area contributed by atoms with Crippen LogP contribution in [0.1, 0.15) is 20.9 Å². The zero-order valence-electron chi connectivity index (χ0n) is 15.6. The fraction of sp³-hybridized carbons (Fsp3) is 0.200. The van der Waals surface area contributed by atoms with Gasteiger partial charge in [-0.05, 0) is 36.8 Å². The van der Waals surface area contributed by atoms with E-state index in [1.165, 1.54) is 11.3 Å². The van der Waals surface area contributed by atoms with E-state index in [1.807, 2.05) is 42.5 Å². The van der Waals surface area contributed by atoms with Crippen LogP contribution in [0, 0.1) is 6.92 Å². The third kappa shape index (κ3) is 4.92. The van der Waals surface area contributed by atoms with Crippen LogP contribution >= 0.6 is 11.3 Å². The molecular formula is C20H20N4O3S. The lowest BCUT2D eigenvalue weighted by Crippen LogP contribution is -2.36. The molecule has 0 bridgehead atoms. The highest BCUT2D eigenvalue weighted by Crippen LogP contribution is 2.26. The number of aromatic nitrogens is 2. The average Bonchev–Trinajstić information content (AvgIpc) is 3.13. The molecule has 28 heavy (non-hydrogen) atoms. The molecule has 8 heteroatoms. The highest BCUT2D eigenvalue weighted by atomic mass is 32.1. The molecule has 3 rings (SSSR count). The lowest BCUT2D eigenvalue weighted by atomic mass is 10.2. The summed E-state index contributed by atoms with van der Waals surface area (Å²) in [4.78, 5) is 33.5. The van der Waals surface area contributed by atoms with Gasteiger partial charge in [0.15, 0.2) is 0 Å². The monoisotopic (exact) mass is 396 g/mol. The number of hydrogen-bond donors (Lipinski definition) is 2. The maximum absolute atomic E-state index is 12.4. The summed E-state index contributed by atoms with van der Waals surface area (Å²) in [6.07, 6.45) is 1.68. The first-order valence-electron chi connectivity index (χ1n) is 8.63. The lowest BCUT2D eigenvalue weighted by Gasteiger charge is -2.07. The normalized spacial score (nSPS) is 10.4. The Morgan fingerprint density at radius 1 is 1.11 bits per heavy atom. The van der Waals surface area contributed by atoms with E-state index in [0.29, 0.717) is 27.8 Å². The second-order valence-corrected chi connectivity index (χ2v) is 6.96. The minimum Gasteiger partial charge on any atom is -0.497 e. The van der Waals surface area contributed by atoms with Crippen molar-refractivity contribution in [3.8, 4) is 16.5 Å². The molecule has 1 aromatic carbocycles. The SMILES string of the molecule is COc1ccc(CNC(=O)CNC(=O)c2sc(-c3ccccn3)nc2C)cc1. The van der Waals surface area contributed by atoms with Gasteiger partial charge in [-0.25, -0.2) is 4.98 Å². The van der Waals surface area contributed by atoms with Crippen molar-refractivity contribution in [2.75, 3.05) is 13.7 Å². The van der Waals surface area contributed by atoms with Gasteiger partial charge in [0.1, 0.15) is 15.6 Å². The van der Waals surface area contributed by atoms with Crippen LogP contribution in [0.4, 0.5) is 0 Å². The molecule has 0 atom stereocenters. The van der Waals surface area contributed by atoms with Crippen molar-refractivity contribution in [3.63, 3.8) is 0 Å². The third-order valence-electron chi connectivity index (χ3n) is 3.95. The van der Waals surface area contributed by atoms with Gasteiger partial charge in [-0.1, -0.05) is 18.2 Å². The fourth-order valence-electron chi connectivity index (χ4n) is 2.45. The molecular weight excluding hydrogens is 376 g/mol. The molecule has 0 spiro atoms. The van der Waals surface area contributed by atoms with Gasteiger partial charge in [-0.3, -0.25) is 14.6 Å². The van der Waals surface area contributed by atoms with Gasteiger partial charge < -0.3 is 15.4 Å². The number of carbonyl (C=O) groups is 2. The van der Waals surface area contributed by atoms with Gasteiger partial charge in [-0.15, -0.1) is 11.3 Å². The van der Waals surface area contributed by atoms with Crippen LogP contribution in [-0.4, -0.2) is 35.4 Å². The Balaban J connectivity index is 1.52. The van der Waals surface area contributed by atoms with Crippen molar-refractivity contribution in [1.29, 1.82) is 0 Å². The first kappa shape index (κ1) is 19.5. The first-order chi connectivity index (χ1) is 13.6. The second kappa shape index (κ2) is 9.09. The summed E-state index contributed by atoms with van der Waals surface area (Å²) >= 11 is 1.26. The van der Waals surface area contributed by atoms with Gasteiger partial charge in [0.2, 0.25) is 5.91 Å². The molecule has 2 amide bonds. The number of nitrogens with one attached hydrogen (secondary N) is 2. The van der Waals surface area contributed by atoms with Crippen LogP contribution in [-0.2, 0) is 11.3 Å². The maximum atomic E-state index is 12.4.